The first-order chi connectivity index (χ1) is 14.3. The predicted octanol–water partition coefficient (Wildman–Crippen LogP) is 2.65. The van der Waals surface area contributed by atoms with Gasteiger partial charge >= 0.3 is 0 Å². The van der Waals surface area contributed by atoms with Gasteiger partial charge < -0.3 is 10.6 Å². The molecule has 30 heavy (non-hydrogen) atoms. The quantitative estimate of drug-likeness (QED) is 0.673. The monoisotopic (exact) mass is 413 g/mol. The van der Waals surface area contributed by atoms with E-state index in [9.17, 15) is 18.4 Å². The molecule has 1 aliphatic carbocycles. The molecule has 2 N–H and O–H groups in total. The molecule has 1 aromatic carbocycles. The third-order valence-corrected chi connectivity index (χ3v) is 5.29. The molecule has 2 amide bonds. The van der Waals surface area contributed by atoms with Gasteiger partial charge in [0.25, 0.3) is 5.91 Å². The molecule has 3 aromatic rings. The van der Waals surface area contributed by atoms with E-state index in [0.717, 1.165) is 30.7 Å². The van der Waals surface area contributed by atoms with Crippen molar-refractivity contribution < 1.29 is 18.4 Å². The van der Waals surface area contributed by atoms with E-state index in [-0.39, 0.29) is 5.56 Å². The number of nitrogens with one attached hydrogen (secondary N) is 2. The molecule has 7 nitrogen and oxygen atoms in total. The molecular weight excluding hydrogens is 392 g/mol. The molecule has 2 heterocycles. The van der Waals surface area contributed by atoms with Gasteiger partial charge in [-0.3, -0.25) is 14.3 Å². The predicted molar refractivity (Wildman–Crippen MR) is 106 cm³/mol. The molecule has 1 fully saturated rings. The Hall–Kier alpha value is -3.36. The van der Waals surface area contributed by atoms with Crippen LogP contribution in [0.4, 0.5) is 8.78 Å². The molecule has 1 saturated carbocycles. The summed E-state index contributed by atoms with van der Waals surface area (Å²) >= 11 is 0. The fourth-order valence-corrected chi connectivity index (χ4v) is 3.58. The average molecular weight is 413 g/mol. The first-order valence-electron chi connectivity index (χ1n) is 9.61. The van der Waals surface area contributed by atoms with Crippen molar-refractivity contribution in [2.75, 3.05) is 7.05 Å². The molecule has 2 aromatic heterocycles. The van der Waals surface area contributed by atoms with Crippen LogP contribution in [0, 0.1) is 18.6 Å². The first-order valence-corrected chi connectivity index (χ1v) is 9.61. The lowest BCUT2D eigenvalue weighted by Gasteiger charge is -2.18. The third-order valence-electron chi connectivity index (χ3n) is 5.29. The number of benzene rings is 1. The van der Waals surface area contributed by atoms with Crippen LogP contribution in [0.15, 0.2) is 24.3 Å². The number of likely N-dealkylation sites (N-methyl/N-ethyl adjacent to an activating group) is 1. The standard InChI is InChI=1S/C21H21F2N5O2/c1-10-17-13(9-16(11-4-5-11)25-19(17)28(3)27-10)20(29)26-18(21(30)24-2)12-6-7-14(22)15(23)8-12/h6-9,11,18H,4-5H2,1-3H3,(H,24,30)(H,26,29). The number of halogens is 2. The zero-order valence-electron chi connectivity index (χ0n) is 16.8. The van der Waals surface area contributed by atoms with Crippen LogP contribution in [-0.4, -0.2) is 33.6 Å². The molecule has 1 unspecified atom stereocenters. The van der Waals surface area contributed by atoms with Crippen LogP contribution in [-0.2, 0) is 11.8 Å². The van der Waals surface area contributed by atoms with Gasteiger partial charge in [0.15, 0.2) is 17.3 Å². The minimum Gasteiger partial charge on any atom is -0.357 e. The molecule has 156 valence electrons. The van der Waals surface area contributed by atoms with Gasteiger partial charge in [0.2, 0.25) is 5.91 Å². The highest BCUT2D eigenvalue weighted by Crippen LogP contribution is 2.40. The third kappa shape index (κ3) is 3.51. The Morgan fingerprint density at radius 1 is 1.20 bits per heavy atom. The van der Waals surface area contributed by atoms with Crippen molar-refractivity contribution in [3.8, 4) is 0 Å². The SMILES string of the molecule is CNC(=O)C(NC(=O)c1cc(C2CC2)nc2c1c(C)nn2C)c1ccc(F)c(F)c1. The van der Waals surface area contributed by atoms with E-state index in [2.05, 4.69) is 20.7 Å². The number of rotatable bonds is 5. The van der Waals surface area contributed by atoms with Crippen LogP contribution in [0.5, 0.6) is 0 Å². The van der Waals surface area contributed by atoms with Crippen LogP contribution >= 0.6 is 0 Å². The normalized spacial score (nSPS) is 14.6. The van der Waals surface area contributed by atoms with Gasteiger partial charge in [-0.1, -0.05) is 6.07 Å². The second kappa shape index (κ2) is 7.47. The number of nitrogens with zero attached hydrogens (tertiary/aromatic N) is 3. The summed E-state index contributed by atoms with van der Waals surface area (Å²) in [5.41, 5.74) is 2.52. The summed E-state index contributed by atoms with van der Waals surface area (Å²) in [6.07, 6.45) is 2.01. The topological polar surface area (TPSA) is 88.9 Å². The Morgan fingerprint density at radius 3 is 2.57 bits per heavy atom. The minimum atomic E-state index is -1.19. The van der Waals surface area contributed by atoms with Crippen molar-refractivity contribution in [3.63, 3.8) is 0 Å². The van der Waals surface area contributed by atoms with E-state index in [1.165, 1.54) is 13.1 Å². The number of fused-ring (bicyclic) bond motifs is 1. The van der Waals surface area contributed by atoms with E-state index in [1.807, 2.05) is 0 Å². The van der Waals surface area contributed by atoms with Crippen LogP contribution in [0.1, 0.15) is 52.1 Å². The molecular formula is C21H21F2N5O2. The van der Waals surface area contributed by atoms with Crippen molar-refractivity contribution in [2.24, 2.45) is 7.05 Å². The molecule has 4 rings (SSSR count). The summed E-state index contributed by atoms with van der Waals surface area (Å²) in [7, 11) is 3.16. The van der Waals surface area contributed by atoms with Crippen LogP contribution in [0.2, 0.25) is 0 Å². The highest BCUT2D eigenvalue weighted by Gasteiger charge is 2.30. The molecule has 0 aliphatic heterocycles. The number of aryl methyl sites for hydroxylation is 2. The maximum absolute atomic E-state index is 13.7. The molecule has 1 atom stereocenters. The van der Waals surface area contributed by atoms with Crippen LogP contribution in [0.3, 0.4) is 0 Å². The lowest BCUT2D eigenvalue weighted by Crippen LogP contribution is -2.39. The number of pyridine rings is 1. The molecule has 0 bridgehead atoms. The van der Waals surface area contributed by atoms with E-state index in [1.54, 1.807) is 24.7 Å². The number of carbonyl (C=O) groups is 2. The van der Waals surface area contributed by atoms with Gasteiger partial charge in [-0.05, 0) is 43.5 Å². The summed E-state index contributed by atoms with van der Waals surface area (Å²) < 4.78 is 28.7. The largest absolute Gasteiger partial charge is 0.357 e. The van der Waals surface area contributed by atoms with E-state index in [4.69, 9.17) is 0 Å². The van der Waals surface area contributed by atoms with Gasteiger partial charge in [-0.25, -0.2) is 13.8 Å². The zero-order chi connectivity index (χ0) is 21.6. The molecule has 0 saturated heterocycles. The molecule has 0 spiro atoms. The first kappa shape index (κ1) is 19.9. The number of hydrogen-bond donors (Lipinski definition) is 2. The Morgan fingerprint density at radius 2 is 1.93 bits per heavy atom. The van der Waals surface area contributed by atoms with Gasteiger partial charge in [0, 0.05) is 25.7 Å². The Kier molecular flexibility index (Phi) is 4.97. The van der Waals surface area contributed by atoms with Crippen molar-refractivity contribution in [1.29, 1.82) is 0 Å². The Balaban J connectivity index is 1.76. The van der Waals surface area contributed by atoms with Crippen LogP contribution in [0.25, 0.3) is 11.0 Å². The van der Waals surface area contributed by atoms with Crippen molar-refractivity contribution in [1.82, 2.24) is 25.4 Å². The van der Waals surface area contributed by atoms with Gasteiger partial charge in [0.1, 0.15) is 6.04 Å². The van der Waals surface area contributed by atoms with Gasteiger partial charge in [-0.15, -0.1) is 0 Å². The van der Waals surface area contributed by atoms with E-state index < -0.39 is 29.5 Å². The Bertz CT molecular complexity index is 1170. The smallest absolute Gasteiger partial charge is 0.253 e. The van der Waals surface area contributed by atoms with E-state index in [0.29, 0.717) is 28.2 Å². The number of amides is 2. The molecule has 9 heteroatoms. The fraction of sp³-hybridized carbons (Fsp3) is 0.333. The maximum atomic E-state index is 13.7. The summed E-state index contributed by atoms with van der Waals surface area (Å²) in [6.45, 7) is 1.78. The summed E-state index contributed by atoms with van der Waals surface area (Å²) in [5.74, 6) is -2.89. The zero-order valence-corrected chi connectivity index (χ0v) is 16.8. The summed E-state index contributed by atoms with van der Waals surface area (Å²) in [5, 5.41) is 10.1. The van der Waals surface area contributed by atoms with Crippen LogP contribution < -0.4 is 10.6 Å². The fourth-order valence-electron chi connectivity index (χ4n) is 3.58. The summed E-state index contributed by atoms with van der Waals surface area (Å²) in [6, 6.07) is 3.64. The summed E-state index contributed by atoms with van der Waals surface area (Å²) in [4.78, 5) is 30.3. The second-order valence-corrected chi connectivity index (χ2v) is 7.47. The lowest BCUT2D eigenvalue weighted by molar-refractivity contribution is -0.122. The van der Waals surface area contributed by atoms with Crippen molar-refractivity contribution in [3.05, 3.63) is 58.4 Å². The number of carbonyl (C=O) groups excluding carboxylic acids is 2. The molecule has 1 aliphatic rings. The maximum Gasteiger partial charge on any atom is 0.253 e. The van der Waals surface area contributed by atoms with Crippen molar-refractivity contribution in [2.45, 2.75) is 31.7 Å². The number of hydrogen-bond acceptors (Lipinski definition) is 4. The minimum absolute atomic E-state index is 0.136. The van der Waals surface area contributed by atoms with Crippen molar-refractivity contribution >= 4 is 22.8 Å². The van der Waals surface area contributed by atoms with Gasteiger partial charge in [-0.2, -0.15) is 5.10 Å². The highest BCUT2D eigenvalue weighted by atomic mass is 19.2. The molecule has 0 radical (unpaired) electrons. The Labute approximate surface area is 171 Å². The average Bonchev–Trinajstić information content (AvgIpc) is 3.53. The second-order valence-electron chi connectivity index (χ2n) is 7.47. The van der Waals surface area contributed by atoms with E-state index >= 15 is 0 Å². The lowest BCUT2D eigenvalue weighted by atomic mass is 10.0. The van der Waals surface area contributed by atoms with Gasteiger partial charge in [0.05, 0.1) is 16.6 Å². The number of aromatic nitrogens is 3. The highest BCUT2D eigenvalue weighted by molar-refractivity contribution is 6.08.